The van der Waals surface area contributed by atoms with E-state index in [2.05, 4.69) is 5.32 Å². The monoisotopic (exact) mass is 295 g/mol. The van der Waals surface area contributed by atoms with Crippen molar-refractivity contribution >= 4 is 11.8 Å². The van der Waals surface area contributed by atoms with Gasteiger partial charge in [0.05, 0.1) is 13.1 Å². The fourth-order valence-electron chi connectivity index (χ4n) is 0.812. The van der Waals surface area contributed by atoms with Crippen molar-refractivity contribution in [3.8, 4) is 0 Å². The van der Waals surface area contributed by atoms with Crippen molar-refractivity contribution in [3.63, 3.8) is 0 Å². The van der Waals surface area contributed by atoms with Gasteiger partial charge in [0, 0.05) is 0 Å². The van der Waals surface area contributed by atoms with Crippen molar-refractivity contribution in [1.29, 1.82) is 0 Å². The Labute approximate surface area is 103 Å². The summed E-state index contributed by atoms with van der Waals surface area (Å²) in [6, 6.07) is 0. The van der Waals surface area contributed by atoms with Crippen molar-refractivity contribution in [3.05, 3.63) is 0 Å². The maximum absolute atomic E-state index is 11.7. The van der Waals surface area contributed by atoms with Crippen molar-refractivity contribution in [2.75, 3.05) is 26.2 Å². The molecule has 19 heavy (non-hydrogen) atoms. The van der Waals surface area contributed by atoms with Gasteiger partial charge in [0.25, 0.3) is 0 Å². The van der Waals surface area contributed by atoms with Crippen LogP contribution in [-0.2, 0) is 9.59 Å². The Balaban J connectivity index is 3.68. The number of alkyl halides is 6. The molecule has 0 aromatic rings. The predicted molar refractivity (Wildman–Crippen MR) is 51.0 cm³/mol. The lowest BCUT2D eigenvalue weighted by Gasteiger charge is -2.10. The van der Waals surface area contributed by atoms with Crippen molar-refractivity contribution in [2.24, 2.45) is 0 Å². The molecule has 0 saturated carbocycles. The second kappa shape index (κ2) is 7.16. The zero-order valence-electron chi connectivity index (χ0n) is 9.41. The maximum atomic E-state index is 11.7. The van der Waals surface area contributed by atoms with E-state index < -0.39 is 50.3 Å². The van der Waals surface area contributed by atoms with Gasteiger partial charge in [0.15, 0.2) is 0 Å². The minimum Gasteiger partial charge on any atom is -0.346 e. The molecule has 0 heterocycles. The minimum absolute atomic E-state index is 0.616. The largest absolute Gasteiger partial charge is 0.405 e. The molecule has 11 heteroatoms. The standard InChI is InChI=1S/C8H11F6N3O2/c9-7(10,11)3-16-5(18)1-15-2-6(19)17-4-8(12,13)14/h15H,1-4H2,(H,16,18)(H,17,19). The van der Waals surface area contributed by atoms with E-state index >= 15 is 0 Å². The van der Waals surface area contributed by atoms with E-state index in [0.29, 0.717) is 0 Å². The van der Waals surface area contributed by atoms with Gasteiger partial charge in [-0.25, -0.2) is 0 Å². The molecule has 0 bridgehead atoms. The highest BCUT2D eigenvalue weighted by atomic mass is 19.4. The van der Waals surface area contributed by atoms with Gasteiger partial charge in [0.2, 0.25) is 11.8 Å². The average Bonchev–Trinajstić information content (AvgIpc) is 2.22. The molecule has 0 spiro atoms. The van der Waals surface area contributed by atoms with E-state index in [1.807, 2.05) is 0 Å². The summed E-state index contributed by atoms with van der Waals surface area (Å²) in [6.45, 7) is -4.27. The Morgan fingerprint density at radius 2 is 1.05 bits per heavy atom. The lowest BCUT2D eigenvalue weighted by Crippen LogP contribution is -2.43. The fourth-order valence-corrected chi connectivity index (χ4v) is 0.812. The maximum Gasteiger partial charge on any atom is 0.405 e. The van der Waals surface area contributed by atoms with E-state index in [0.717, 1.165) is 0 Å². The molecule has 2 amide bonds. The minimum atomic E-state index is -4.56. The summed E-state index contributed by atoms with van der Waals surface area (Å²) in [5, 5.41) is 5.13. The number of carbonyl (C=O) groups excluding carboxylic acids is 2. The molecule has 5 nitrogen and oxygen atoms in total. The zero-order valence-corrected chi connectivity index (χ0v) is 9.41. The molecule has 0 saturated heterocycles. The molecule has 0 aliphatic rings. The molecule has 0 radical (unpaired) electrons. The molecule has 0 atom stereocenters. The summed E-state index contributed by atoms with van der Waals surface area (Å²) in [5.41, 5.74) is 0. The van der Waals surface area contributed by atoms with Crippen LogP contribution in [0.2, 0.25) is 0 Å². The van der Waals surface area contributed by atoms with Crippen LogP contribution >= 0.6 is 0 Å². The molecular formula is C8H11F6N3O2. The highest BCUT2D eigenvalue weighted by Crippen LogP contribution is 2.12. The second-order valence-electron chi connectivity index (χ2n) is 3.39. The van der Waals surface area contributed by atoms with Crippen LogP contribution in [0.15, 0.2) is 0 Å². The van der Waals surface area contributed by atoms with Crippen LogP contribution < -0.4 is 16.0 Å². The summed E-state index contributed by atoms with van der Waals surface area (Å²) >= 11 is 0. The first kappa shape index (κ1) is 17.5. The number of halogens is 6. The number of hydrogen-bond acceptors (Lipinski definition) is 3. The SMILES string of the molecule is O=C(CNCC(=O)NCC(F)(F)F)NCC(F)(F)F. The van der Waals surface area contributed by atoms with E-state index in [-0.39, 0.29) is 0 Å². The first-order valence-electron chi connectivity index (χ1n) is 4.87. The Bertz CT molecular complexity index is 285. The smallest absolute Gasteiger partial charge is 0.346 e. The molecule has 0 unspecified atom stereocenters. The van der Waals surface area contributed by atoms with Crippen LogP contribution in [0.4, 0.5) is 26.3 Å². The van der Waals surface area contributed by atoms with E-state index in [4.69, 9.17) is 0 Å². The Kier molecular flexibility index (Phi) is 6.59. The number of rotatable bonds is 6. The molecular weight excluding hydrogens is 284 g/mol. The third-order valence-corrected chi connectivity index (χ3v) is 1.54. The predicted octanol–water partition coefficient (Wildman–Crippen LogP) is -0.0670. The van der Waals surface area contributed by atoms with Crippen molar-refractivity contribution in [1.82, 2.24) is 16.0 Å². The number of hydrogen-bond donors (Lipinski definition) is 3. The second-order valence-corrected chi connectivity index (χ2v) is 3.39. The number of nitrogens with one attached hydrogen (secondary N) is 3. The van der Waals surface area contributed by atoms with Crippen LogP contribution in [0.25, 0.3) is 0 Å². The molecule has 0 aliphatic carbocycles. The normalized spacial score (nSPS) is 12.1. The highest BCUT2D eigenvalue weighted by molar-refractivity contribution is 5.81. The fraction of sp³-hybridized carbons (Fsp3) is 0.750. The van der Waals surface area contributed by atoms with Gasteiger partial charge >= 0.3 is 12.4 Å². The molecule has 0 aromatic heterocycles. The van der Waals surface area contributed by atoms with Gasteiger partial charge in [-0.2, -0.15) is 26.3 Å². The van der Waals surface area contributed by atoms with Gasteiger partial charge in [-0.15, -0.1) is 0 Å². The average molecular weight is 295 g/mol. The molecule has 0 aromatic carbocycles. The Hall–Kier alpha value is -1.52. The highest BCUT2D eigenvalue weighted by Gasteiger charge is 2.28. The Morgan fingerprint density at radius 3 is 1.32 bits per heavy atom. The summed E-state index contributed by atoms with van der Waals surface area (Å²) in [5.74, 6) is -2.05. The van der Waals surface area contributed by atoms with E-state index in [9.17, 15) is 35.9 Å². The topological polar surface area (TPSA) is 70.2 Å². The van der Waals surface area contributed by atoms with Crippen LogP contribution in [0, 0.1) is 0 Å². The lowest BCUT2D eigenvalue weighted by molar-refractivity contribution is -0.139. The molecule has 0 aliphatic heterocycles. The number of carbonyl (C=O) groups is 2. The third-order valence-electron chi connectivity index (χ3n) is 1.54. The summed E-state index contributed by atoms with van der Waals surface area (Å²) < 4.78 is 70.0. The molecule has 112 valence electrons. The van der Waals surface area contributed by atoms with Gasteiger partial charge in [-0.3, -0.25) is 14.9 Å². The van der Waals surface area contributed by atoms with E-state index in [1.165, 1.54) is 10.6 Å². The van der Waals surface area contributed by atoms with Crippen LogP contribution in [0.5, 0.6) is 0 Å². The van der Waals surface area contributed by atoms with Crippen molar-refractivity contribution in [2.45, 2.75) is 12.4 Å². The van der Waals surface area contributed by atoms with E-state index in [1.54, 1.807) is 0 Å². The zero-order chi connectivity index (χ0) is 15.1. The van der Waals surface area contributed by atoms with Crippen molar-refractivity contribution < 1.29 is 35.9 Å². The van der Waals surface area contributed by atoms with Gasteiger partial charge in [-0.1, -0.05) is 0 Å². The third kappa shape index (κ3) is 12.7. The molecule has 3 N–H and O–H groups in total. The van der Waals surface area contributed by atoms with Crippen LogP contribution in [0.3, 0.4) is 0 Å². The summed E-state index contributed by atoms with van der Waals surface area (Å²) in [7, 11) is 0. The van der Waals surface area contributed by atoms with Crippen LogP contribution in [0.1, 0.15) is 0 Å². The summed E-state index contributed by atoms with van der Waals surface area (Å²) in [6.07, 6.45) is -9.11. The first-order valence-corrected chi connectivity index (χ1v) is 4.87. The quantitative estimate of drug-likeness (QED) is 0.601. The van der Waals surface area contributed by atoms with Gasteiger partial charge in [-0.05, 0) is 0 Å². The lowest BCUT2D eigenvalue weighted by atomic mass is 10.5. The van der Waals surface area contributed by atoms with Gasteiger partial charge in [0.1, 0.15) is 13.1 Å². The molecule has 0 rings (SSSR count). The molecule has 0 fully saturated rings. The number of amides is 2. The van der Waals surface area contributed by atoms with Crippen LogP contribution in [-0.4, -0.2) is 50.3 Å². The van der Waals surface area contributed by atoms with Gasteiger partial charge < -0.3 is 10.6 Å². The Morgan fingerprint density at radius 1 is 0.737 bits per heavy atom. The summed E-state index contributed by atoms with van der Waals surface area (Å²) in [4.78, 5) is 21.6. The first-order chi connectivity index (χ1) is 8.49.